The maximum atomic E-state index is 13.3. The van der Waals surface area contributed by atoms with Gasteiger partial charge in [0.25, 0.3) is 0 Å². The minimum Gasteiger partial charge on any atom is -0.489 e. The van der Waals surface area contributed by atoms with Gasteiger partial charge in [-0.1, -0.05) is 6.07 Å². The second-order valence-corrected chi connectivity index (χ2v) is 6.69. The van der Waals surface area contributed by atoms with Gasteiger partial charge in [0.1, 0.15) is 12.3 Å². The van der Waals surface area contributed by atoms with Gasteiger partial charge >= 0.3 is 0 Å². The van der Waals surface area contributed by atoms with E-state index in [-0.39, 0.29) is 5.78 Å². The van der Waals surface area contributed by atoms with Gasteiger partial charge < -0.3 is 14.5 Å². The van der Waals surface area contributed by atoms with Crippen LogP contribution in [0, 0.1) is 6.92 Å². The van der Waals surface area contributed by atoms with E-state index in [1.807, 2.05) is 45.2 Å². The lowest BCUT2D eigenvalue weighted by Gasteiger charge is -2.15. The van der Waals surface area contributed by atoms with Crippen LogP contribution < -0.4 is 9.47 Å². The van der Waals surface area contributed by atoms with Crippen molar-refractivity contribution in [3.63, 3.8) is 0 Å². The Morgan fingerprint density at radius 1 is 1.17 bits per heavy atom. The van der Waals surface area contributed by atoms with E-state index in [1.54, 1.807) is 29.2 Å². The Balaban J connectivity index is 1.69. The highest BCUT2D eigenvalue weighted by atomic mass is 16.5. The van der Waals surface area contributed by atoms with Gasteiger partial charge in [0.15, 0.2) is 17.3 Å². The number of hydrogen-bond donors (Lipinski definition) is 1. The van der Waals surface area contributed by atoms with Crippen LogP contribution in [0.3, 0.4) is 0 Å². The lowest BCUT2D eigenvalue weighted by Crippen LogP contribution is -2.08. The number of aromatic amines is 1. The van der Waals surface area contributed by atoms with Crippen molar-refractivity contribution in [2.24, 2.45) is 7.05 Å². The highest BCUT2D eigenvalue weighted by Crippen LogP contribution is 2.34. The number of carbonyl (C=O) groups is 1. The summed E-state index contributed by atoms with van der Waals surface area (Å²) in [5.41, 5.74) is 3.54. The number of ketones is 1. The number of pyridine rings is 1. The molecule has 4 aromatic rings. The Kier molecular flexibility index (Phi) is 5.03. The van der Waals surface area contributed by atoms with Crippen LogP contribution in [-0.4, -0.2) is 32.1 Å². The third kappa shape index (κ3) is 3.59. The van der Waals surface area contributed by atoms with Gasteiger partial charge in [-0.15, -0.1) is 0 Å². The minimum atomic E-state index is -0.144. The zero-order valence-electron chi connectivity index (χ0n) is 16.6. The molecule has 0 spiro atoms. The highest BCUT2D eigenvalue weighted by Gasteiger charge is 2.21. The molecular weight excluding hydrogens is 368 g/mol. The second-order valence-electron chi connectivity index (χ2n) is 6.69. The fourth-order valence-corrected chi connectivity index (χ4v) is 3.34. The van der Waals surface area contributed by atoms with Crippen LogP contribution >= 0.6 is 0 Å². The molecule has 29 heavy (non-hydrogen) atoms. The molecule has 0 atom stereocenters. The third-order valence-electron chi connectivity index (χ3n) is 4.68. The lowest BCUT2D eigenvalue weighted by atomic mass is 10.0. The van der Waals surface area contributed by atoms with Crippen LogP contribution in [-0.2, 0) is 13.7 Å². The fraction of sp³-hybridized carbons (Fsp3) is 0.227. The largest absolute Gasteiger partial charge is 0.489 e. The van der Waals surface area contributed by atoms with Crippen molar-refractivity contribution in [1.29, 1.82) is 0 Å². The third-order valence-corrected chi connectivity index (χ3v) is 4.68. The maximum Gasteiger partial charge on any atom is 0.199 e. The van der Waals surface area contributed by atoms with Crippen molar-refractivity contribution in [2.45, 2.75) is 20.5 Å². The summed E-state index contributed by atoms with van der Waals surface area (Å²) in [4.78, 5) is 20.6. The molecular formula is C22H22N4O3. The number of hydrogen-bond acceptors (Lipinski definition) is 5. The number of para-hydroxylation sites is 1. The Bertz CT molecular complexity index is 1180. The van der Waals surface area contributed by atoms with Crippen LogP contribution in [0.25, 0.3) is 11.0 Å². The van der Waals surface area contributed by atoms with Gasteiger partial charge in [-0.25, -0.2) is 4.98 Å². The molecule has 0 bridgehead atoms. The van der Waals surface area contributed by atoms with E-state index >= 15 is 0 Å². The molecule has 0 aliphatic heterocycles. The Hall–Kier alpha value is -3.61. The molecule has 1 N–H and O–H groups in total. The smallest absolute Gasteiger partial charge is 0.199 e. The molecule has 3 heterocycles. The Labute approximate surface area is 168 Å². The summed E-state index contributed by atoms with van der Waals surface area (Å²) in [7, 11) is 1.88. The average Bonchev–Trinajstić information content (AvgIpc) is 3.29. The van der Waals surface area contributed by atoms with Crippen LogP contribution in [0.5, 0.6) is 11.5 Å². The number of benzene rings is 1. The molecule has 0 unspecified atom stereocenters. The van der Waals surface area contributed by atoms with E-state index in [2.05, 4.69) is 15.1 Å². The van der Waals surface area contributed by atoms with E-state index < -0.39 is 0 Å². The van der Waals surface area contributed by atoms with Crippen molar-refractivity contribution in [2.75, 3.05) is 6.61 Å². The summed E-state index contributed by atoms with van der Waals surface area (Å²) in [6.07, 6.45) is 3.37. The fourth-order valence-electron chi connectivity index (χ4n) is 3.34. The summed E-state index contributed by atoms with van der Waals surface area (Å²) in [6, 6.07) is 11.0. The standard InChI is InChI=1S/C22H22N4O3/c1-4-28-21-17(20(27)18-12-24-22-16(18)8-6-10-23-22)7-5-9-19(21)29-13-15-11-14(2)25-26(15)3/h5-12H,4,13H2,1-3H3,(H,23,24). The number of nitrogens with one attached hydrogen (secondary N) is 1. The predicted molar refractivity (Wildman–Crippen MR) is 109 cm³/mol. The Morgan fingerprint density at radius 2 is 2.03 bits per heavy atom. The number of rotatable bonds is 7. The maximum absolute atomic E-state index is 13.3. The van der Waals surface area contributed by atoms with Crippen LogP contribution in [0.1, 0.15) is 34.2 Å². The summed E-state index contributed by atoms with van der Waals surface area (Å²) in [5.74, 6) is 0.821. The van der Waals surface area contributed by atoms with Gasteiger partial charge in [0, 0.05) is 30.4 Å². The van der Waals surface area contributed by atoms with E-state index in [1.165, 1.54) is 0 Å². The van der Waals surface area contributed by atoms with E-state index in [9.17, 15) is 4.79 Å². The van der Waals surface area contributed by atoms with Crippen LogP contribution in [0.15, 0.2) is 48.8 Å². The number of carbonyl (C=O) groups excluding carboxylic acids is 1. The minimum absolute atomic E-state index is 0.144. The van der Waals surface area contributed by atoms with Crippen molar-refractivity contribution in [3.05, 3.63) is 71.3 Å². The molecule has 0 saturated carbocycles. The number of H-pyrrole nitrogens is 1. The first kappa shape index (κ1) is 18.7. The quantitative estimate of drug-likeness (QED) is 0.485. The van der Waals surface area contributed by atoms with Crippen molar-refractivity contribution in [3.8, 4) is 11.5 Å². The predicted octanol–water partition coefficient (Wildman–Crippen LogP) is 3.81. The van der Waals surface area contributed by atoms with Gasteiger partial charge in [0.2, 0.25) is 0 Å². The van der Waals surface area contributed by atoms with Gasteiger partial charge in [0.05, 0.1) is 23.6 Å². The number of ether oxygens (including phenoxy) is 2. The number of aryl methyl sites for hydroxylation is 2. The molecule has 0 radical (unpaired) electrons. The van der Waals surface area contributed by atoms with Crippen LogP contribution in [0.4, 0.5) is 0 Å². The molecule has 0 amide bonds. The Morgan fingerprint density at radius 3 is 2.79 bits per heavy atom. The number of fused-ring (bicyclic) bond motifs is 1. The normalized spacial score (nSPS) is 11.0. The topological polar surface area (TPSA) is 82.0 Å². The van der Waals surface area contributed by atoms with Gasteiger partial charge in [-0.05, 0) is 44.2 Å². The van der Waals surface area contributed by atoms with Crippen molar-refractivity contribution >= 4 is 16.8 Å². The molecule has 0 fully saturated rings. The summed E-state index contributed by atoms with van der Waals surface area (Å²) >= 11 is 0. The van der Waals surface area contributed by atoms with Gasteiger partial charge in [-0.3, -0.25) is 9.48 Å². The molecule has 3 aromatic heterocycles. The van der Waals surface area contributed by atoms with Crippen LogP contribution in [0.2, 0.25) is 0 Å². The molecule has 4 rings (SSSR count). The monoisotopic (exact) mass is 390 g/mol. The van der Waals surface area contributed by atoms with Crippen molar-refractivity contribution in [1.82, 2.24) is 19.7 Å². The molecule has 0 aliphatic carbocycles. The first-order valence-electron chi connectivity index (χ1n) is 9.43. The molecule has 148 valence electrons. The average molecular weight is 390 g/mol. The first-order valence-corrected chi connectivity index (χ1v) is 9.43. The zero-order chi connectivity index (χ0) is 20.4. The molecule has 0 saturated heterocycles. The van der Waals surface area contributed by atoms with Crippen molar-refractivity contribution < 1.29 is 14.3 Å². The molecule has 7 nitrogen and oxygen atoms in total. The first-order chi connectivity index (χ1) is 14.1. The number of aromatic nitrogens is 4. The summed E-state index contributed by atoms with van der Waals surface area (Å²) in [5, 5.41) is 5.11. The zero-order valence-corrected chi connectivity index (χ0v) is 16.6. The molecule has 0 aliphatic rings. The van der Waals surface area contributed by atoms with E-state index in [0.29, 0.717) is 41.5 Å². The molecule has 1 aromatic carbocycles. The van der Waals surface area contributed by atoms with E-state index in [4.69, 9.17) is 9.47 Å². The lowest BCUT2D eigenvalue weighted by molar-refractivity contribution is 0.103. The molecule has 7 heteroatoms. The summed E-state index contributed by atoms with van der Waals surface area (Å²) in [6.45, 7) is 4.56. The van der Waals surface area contributed by atoms with Gasteiger partial charge in [-0.2, -0.15) is 5.10 Å². The second kappa shape index (κ2) is 7.79. The highest BCUT2D eigenvalue weighted by molar-refractivity contribution is 6.17. The summed E-state index contributed by atoms with van der Waals surface area (Å²) < 4.78 is 13.6. The van der Waals surface area contributed by atoms with E-state index in [0.717, 1.165) is 16.8 Å². The number of nitrogens with zero attached hydrogens (tertiary/aromatic N) is 3. The SMILES string of the molecule is CCOc1c(OCc2cc(C)nn2C)cccc1C(=O)c1c[nH]c2ncccc12.